The van der Waals surface area contributed by atoms with Gasteiger partial charge in [-0.15, -0.1) is 11.3 Å². The average Bonchev–Trinajstić information content (AvgIpc) is 2.75. The molecule has 0 radical (unpaired) electrons. The molecule has 1 aromatic rings. The van der Waals surface area contributed by atoms with E-state index in [-0.39, 0.29) is 11.4 Å². The molecule has 5 heteroatoms. The molecule has 3 atom stereocenters. The van der Waals surface area contributed by atoms with E-state index in [9.17, 15) is 4.21 Å². The monoisotopic (exact) mass is 231 g/mol. The van der Waals surface area contributed by atoms with Gasteiger partial charge in [0.15, 0.2) is 0 Å². The van der Waals surface area contributed by atoms with Crippen LogP contribution in [-0.4, -0.2) is 27.2 Å². The maximum absolute atomic E-state index is 11.9. The van der Waals surface area contributed by atoms with Crippen LogP contribution < -0.4 is 0 Å². The van der Waals surface area contributed by atoms with Gasteiger partial charge in [0.05, 0.1) is 17.1 Å². The van der Waals surface area contributed by atoms with Gasteiger partial charge in [-0.3, -0.25) is 4.21 Å². The molecule has 1 aliphatic rings. The van der Waals surface area contributed by atoms with Gasteiger partial charge in [-0.25, -0.2) is 4.98 Å². The molecule has 0 aromatic carbocycles. The SMILES string of the molecule is C[C@@H]1OCC[C@@H]1[S@@](=O)Cc1nccs1. The number of nitrogens with zero attached hydrogens (tertiary/aromatic N) is 1. The Morgan fingerprint density at radius 1 is 1.79 bits per heavy atom. The van der Waals surface area contributed by atoms with Crippen LogP contribution in [0.1, 0.15) is 18.4 Å². The van der Waals surface area contributed by atoms with E-state index in [0.29, 0.717) is 5.75 Å². The van der Waals surface area contributed by atoms with Crippen LogP contribution in [0.25, 0.3) is 0 Å². The molecule has 0 spiro atoms. The molecular weight excluding hydrogens is 218 g/mol. The maximum Gasteiger partial charge on any atom is 0.105 e. The van der Waals surface area contributed by atoms with Gasteiger partial charge in [0, 0.05) is 29.0 Å². The third-order valence-electron chi connectivity index (χ3n) is 2.39. The van der Waals surface area contributed by atoms with Crippen LogP contribution in [0, 0.1) is 0 Å². The summed E-state index contributed by atoms with van der Waals surface area (Å²) in [6, 6.07) is 0. The van der Waals surface area contributed by atoms with Crippen molar-refractivity contribution in [1.82, 2.24) is 4.98 Å². The lowest BCUT2D eigenvalue weighted by Gasteiger charge is -2.12. The van der Waals surface area contributed by atoms with E-state index in [0.717, 1.165) is 18.0 Å². The number of aromatic nitrogens is 1. The zero-order chi connectivity index (χ0) is 9.97. The summed E-state index contributed by atoms with van der Waals surface area (Å²) in [5.41, 5.74) is 0. The summed E-state index contributed by atoms with van der Waals surface area (Å²) < 4.78 is 17.3. The second-order valence-electron chi connectivity index (χ2n) is 3.35. The first-order valence-electron chi connectivity index (χ1n) is 4.64. The third kappa shape index (κ3) is 2.21. The molecule has 0 amide bonds. The summed E-state index contributed by atoms with van der Waals surface area (Å²) in [7, 11) is -0.832. The lowest BCUT2D eigenvalue weighted by atomic mass is 10.3. The van der Waals surface area contributed by atoms with Crippen LogP contribution >= 0.6 is 11.3 Å². The predicted molar refractivity (Wildman–Crippen MR) is 57.8 cm³/mol. The standard InChI is InChI=1S/C9H13NO2S2/c1-7-8(2-4-12-7)14(11)6-9-10-3-5-13-9/h3,5,7-8H,2,4,6H2,1H3/t7-,8-,14-/m0/s1. The van der Waals surface area contributed by atoms with Gasteiger partial charge in [-0.2, -0.15) is 0 Å². The molecule has 0 aliphatic carbocycles. The Bertz CT molecular complexity index is 313. The van der Waals surface area contributed by atoms with Gasteiger partial charge in [0.25, 0.3) is 0 Å². The molecule has 14 heavy (non-hydrogen) atoms. The van der Waals surface area contributed by atoms with Crippen LogP contribution in [0.2, 0.25) is 0 Å². The number of rotatable bonds is 3. The molecule has 0 unspecified atom stereocenters. The molecule has 78 valence electrons. The van der Waals surface area contributed by atoms with E-state index in [1.54, 1.807) is 17.5 Å². The van der Waals surface area contributed by atoms with Crippen molar-refractivity contribution in [2.45, 2.75) is 30.5 Å². The molecule has 2 heterocycles. The fraction of sp³-hybridized carbons (Fsp3) is 0.667. The summed E-state index contributed by atoms with van der Waals surface area (Å²) in [4.78, 5) is 4.14. The Balaban J connectivity index is 1.95. The van der Waals surface area contributed by atoms with Crippen molar-refractivity contribution in [2.75, 3.05) is 6.61 Å². The highest BCUT2D eigenvalue weighted by atomic mass is 32.2. The number of thiazole rings is 1. The van der Waals surface area contributed by atoms with E-state index >= 15 is 0 Å². The van der Waals surface area contributed by atoms with Crippen molar-refractivity contribution < 1.29 is 8.95 Å². The normalized spacial score (nSPS) is 29.2. The summed E-state index contributed by atoms with van der Waals surface area (Å²) >= 11 is 1.57. The van der Waals surface area contributed by atoms with Gasteiger partial charge in [-0.05, 0) is 13.3 Å². The Labute approximate surface area is 90.0 Å². The fourth-order valence-corrected chi connectivity index (χ4v) is 4.03. The lowest BCUT2D eigenvalue weighted by molar-refractivity contribution is 0.127. The Morgan fingerprint density at radius 3 is 3.21 bits per heavy atom. The minimum atomic E-state index is -0.832. The van der Waals surface area contributed by atoms with Crippen molar-refractivity contribution in [3.8, 4) is 0 Å². The first-order valence-corrected chi connectivity index (χ1v) is 6.90. The van der Waals surface area contributed by atoms with E-state index in [4.69, 9.17) is 4.74 Å². The van der Waals surface area contributed by atoms with Crippen LogP contribution in [-0.2, 0) is 21.3 Å². The quantitative estimate of drug-likeness (QED) is 0.792. The first kappa shape index (κ1) is 10.3. The third-order valence-corrected chi connectivity index (χ3v) is 5.21. The van der Waals surface area contributed by atoms with Crippen LogP contribution in [0.5, 0.6) is 0 Å². The molecule has 3 nitrogen and oxygen atoms in total. The summed E-state index contributed by atoms with van der Waals surface area (Å²) in [5.74, 6) is 0.579. The van der Waals surface area contributed by atoms with Crippen molar-refractivity contribution >= 4 is 22.1 Å². The summed E-state index contributed by atoms with van der Waals surface area (Å²) in [6.07, 6.45) is 2.81. The molecule has 1 aliphatic heterocycles. The minimum absolute atomic E-state index is 0.135. The van der Waals surface area contributed by atoms with Gasteiger partial charge in [0.1, 0.15) is 5.01 Å². The number of hydrogen-bond donors (Lipinski definition) is 0. The molecule has 0 saturated carbocycles. The number of hydrogen-bond acceptors (Lipinski definition) is 4. The topological polar surface area (TPSA) is 39.2 Å². The highest BCUT2D eigenvalue weighted by molar-refractivity contribution is 7.85. The van der Waals surface area contributed by atoms with Crippen molar-refractivity contribution in [2.24, 2.45) is 0 Å². The van der Waals surface area contributed by atoms with Crippen LogP contribution in [0.4, 0.5) is 0 Å². The molecule has 2 rings (SSSR count). The van der Waals surface area contributed by atoms with Gasteiger partial charge in [-0.1, -0.05) is 0 Å². The second kappa shape index (κ2) is 4.51. The molecule has 1 aromatic heterocycles. The molecule has 0 bridgehead atoms. The molecule has 1 fully saturated rings. The average molecular weight is 231 g/mol. The molecule has 1 saturated heterocycles. The minimum Gasteiger partial charge on any atom is -0.377 e. The fourth-order valence-electron chi connectivity index (χ4n) is 1.61. The number of ether oxygens (including phenoxy) is 1. The smallest absolute Gasteiger partial charge is 0.105 e. The largest absolute Gasteiger partial charge is 0.377 e. The highest BCUT2D eigenvalue weighted by Crippen LogP contribution is 2.21. The van der Waals surface area contributed by atoms with E-state index in [1.807, 2.05) is 12.3 Å². The van der Waals surface area contributed by atoms with Gasteiger partial charge < -0.3 is 4.74 Å². The van der Waals surface area contributed by atoms with E-state index < -0.39 is 10.8 Å². The first-order chi connectivity index (χ1) is 6.77. The van der Waals surface area contributed by atoms with E-state index in [1.165, 1.54) is 0 Å². The highest BCUT2D eigenvalue weighted by Gasteiger charge is 2.29. The predicted octanol–water partition coefficient (Wildman–Crippen LogP) is 1.57. The van der Waals surface area contributed by atoms with Gasteiger partial charge in [0.2, 0.25) is 0 Å². The maximum atomic E-state index is 11.9. The zero-order valence-corrected chi connectivity index (χ0v) is 9.64. The van der Waals surface area contributed by atoms with Crippen molar-refractivity contribution in [3.05, 3.63) is 16.6 Å². The summed E-state index contributed by atoms with van der Waals surface area (Å²) in [6.45, 7) is 2.74. The zero-order valence-electron chi connectivity index (χ0n) is 8.01. The Morgan fingerprint density at radius 2 is 2.64 bits per heavy atom. The van der Waals surface area contributed by atoms with Crippen LogP contribution in [0.3, 0.4) is 0 Å². The van der Waals surface area contributed by atoms with Gasteiger partial charge >= 0.3 is 0 Å². The molecular formula is C9H13NO2S2. The van der Waals surface area contributed by atoms with Crippen molar-refractivity contribution in [3.63, 3.8) is 0 Å². The summed E-state index contributed by atoms with van der Waals surface area (Å²) in [5, 5.41) is 3.07. The van der Waals surface area contributed by atoms with E-state index in [2.05, 4.69) is 4.98 Å². The Hall–Kier alpha value is -0.260. The Kier molecular flexibility index (Phi) is 3.30. The second-order valence-corrected chi connectivity index (χ2v) is 5.99. The lowest BCUT2D eigenvalue weighted by Crippen LogP contribution is -2.24. The molecule has 0 N–H and O–H groups in total. The van der Waals surface area contributed by atoms with Crippen LogP contribution in [0.15, 0.2) is 11.6 Å². The van der Waals surface area contributed by atoms with Crippen molar-refractivity contribution in [1.29, 1.82) is 0 Å².